The Morgan fingerprint density at radius 3 is 2.66 bits per heavy atom. The molecule has 0 aliphatic carbocycles. The van der Waals surface area contributed by atoms with Crippen molar-refractivity contribution in [3.8, 4) is 28.6 Å². The van der Waals surface area contributed by atoms with Crippen LogP contribution in [0.25, 0.3) is 33.8 Å². The highest BCUT2D eigenvalue weighted by Gasteiger charge is 2.17. The molecule has 6 rings (SSSR count). The number of nitrogens with zero attached hydrogens (tertiary/aromatic N) is 5. The lowest BCUT2D eigenvalue weighted by molar-refractivity contribution is 0.0526. The second kappa shape index (κ2) is 8.24. The van der Waals surface area contributed by atoms with E-state index in [0.29, 0.717) is 65.1 Å². The van der Waals surface area contributed by atoms with Gasteiger partial charge >= 0.3 is 5.97 Å². The molecule has 4 heterocycles. The van der Waals surface area contributed by atoms with Crippen molar-refractivity contribution < 1.29 is 19.0 Å². The molecule has 0 saturated heterocycles. The standard InChI is InChI=1S/C25H19N5O5/c1-2-33-24(32)15-3-6-17(7-4-15)29-10-9-19-18(23(29)31)14-26-25-27-22(28-30(19)25)16-5-8-20-21(13-16)35-12-11-34-20/h3-10,13-14H,2,11-12H2,1H3. The Hall–Kier alpha value is -4.73. The van der Waals surface area contributed by atoms with Crippen LogP contribution >= 0.6 is 0 Å². The van der Waals surface area contributed by atoms with Crippen LogP contribution < -0.4 is 15.0 Å². The van der Waals surface area contributed by atoms with Crippen LogP contribution in [0.2, 0.25) is 0 Å². The molecule has 1 aliphatic heterocycles. The third-order valence-electron chi connectivity index (χ3n) is 5.69. The first-order chi connectivity index (χ1) is 17.1. The normalized spacial score (nSPS) is 12.7. The Bertz CT molecular complexity index is 1660. The van der Waals surface area contributed by atoms with Crippen molar-refractivity contribution in [2.24, 2.45) is 0 Å². The summed E-state index contributed by atoms with van der Waals surface area (Å²) in [4.78, 5) is 34.1. The van der Waals surface area contributed by atoms with E-state index in [9.17, 15) is 9.59 Å². The number of hydrogen-bond donors (Lipinski definition) is 0. The van der Waals surface area contributed by atoms with Crippen LogP contribution in [0.1, 0.15) is 17.3 Å². The molecule has 1 aliphatic rings. The van der Waals surface area contributed by atoms with Gasteiger partial charge in [-0.05, 0) is 55.5 Å². The average molecular weight is 469 g/mol. The van der Waals surface area contributed by atoms with E-state index in [-0.39, 0.29) is 5.56 Å². The van der Waals surface area contributed by atoms with Crippen molar-refractivity contribution in [3.05, 3.63) is 76.8 Å². The van der Waals surface area contributed by atoms with Crippen molar-refractivity contribution in [1.82, 2.24) is 24.1 Å². The minimum atomic E-state index is -0.406. The number of ether oxygens (including phenoxy) is 3. The monoisotopic (exact) mass is 469 g/mol. The molecule has 0 fully saturated rings. The lowest BCUT2D eigenvalue weighted by atomic mass is 10.2. The van der Waals surface area contributed by atoms with E-state index in [1.54, 1.807) is 48.0 Å². The van der Waals surface area contributed by atoms with Gasteiger partial charge in [0.2, 0.25) is 0 Å². The number of aromatic nitrogens is 5. The van der Waals surface area contributed by atoms with Crippen molar-refractivity contribution in [2.75, 3.05) is 19.8 Å². The van der Waals surface area contributed by atoms with Crippen LogP contribution in [0.4, 0.5) is 0 Å². The van der Waals surface area contributed by atoms with E-state index in [1.807, 2.05) is 18.2 Å². The summed E-state index contributed by atoms with van der Waals surface area (Å²) < 4.78 is 19.3. The van der Waals surface area contributed by atoms with Gasteiger partial charge in [-0.3, -0.25) is 9.36 Å². The number of carbonyl (C=O) groups is 1. The van der Waals surface area contributed by atoms with Gasteiger partial charge in [-0.25, -0.2) is 9.78 Å². The largest absolute Gasteiger partial charge is 0.486 e. The van der Waals surface area contributed by atoms with Crippen molar-refractivity contribution in [1.29, 1.82) is 0 Å². The number of rotatable bonds is 4. The molecule has 10 nitrogen and oxygen atoms in total. The minimum Gasteiger partial charge on any atom is -0.486 e. The van der Waals surface area contributed by atoms with Crippen LogP contribution in [0.3, 0.4) is 0 Å². The molecular weight excluding hydrogens is 450 g/mol. The van der Waals surface area contributed by atoms with Crippen LogP contribution in [-0.4, -0.2) is 49.9 Å². The molecular formula is C25H19N5O5. The van der Waals surface area contributed by atoms with Gasteiger partial charge in [-0.1, -0.05) is 0 Å². The van der Waals surface area contributed by atoms with Crippen molar-refractivity contribution >= 4 is 22.6 Å². The van der Waals surface area contributed by atoms with Crippen LogP contribution in [0, 0.1) is 0 Å². The fourth-order valence-electron chi connectivity index (χ4n) is 4.00. The zero-order valence-corrected chi connectivity index (χ0v) is 18.7. The molecule has 0 radical (unpaired) electrons. The van der Waals surface area contributed by atoms with Gasteiger partial charge in [0.05, 0.1) is 23.1 Å². The number of benzene rings is 2. The summed E-state index contributed by atoms with van der Waals surface area (Å²) in [6, 6.07) is 13.9. The van der Waals surface area contributed by atoms with Gasteiger partial charge in [0.25, 0.3) is 11.3 Å². The molecule has 3 aromatic heterocycles. The topological polar surface area (TPSA) is 110 Å². The molecule has 2 aromatic carbocycles. The zero-order chi connectivity index (χ0) is 23.9. The Balaban J connectivity index is 1.40. The molecule has 0 atom stereocenters. The van der Waals surface area contributed by atoms with Gasteiger partial charge in [-0.15, -0.1) is 5.10 Å². The highest BCUT2D eigenvalue weighted by atomic mass is 16.6. The van der Waals surface area contributed by atoms with Gasteiger partial charge in [-0.2, -0.15) is 9.50 Å². The van der Waals surface area contributed by atoms with Crippen LogP contribution in [-0.2, 0) is 4.74 Å². The summed E-state index contributed by atoms with van der Waals surface area (Å²) in [5, 5.41) is 4.98. The van der Waals surface area contributed by atoms with E-state index >= 15 is 0 Å². The smallest absolute Gasteiger partial charge is 0.338 e. The van der Waals surface area contributed by atoms with Gasteiger partial charge in [0.1, 0.15) is 13.2 Å². The quantitative estimate of drug-likeness (QED) is 0.370. The second-order valence-electron chi connectivity index (χ2n) is 7.82. The van der Waals surface area contributed by atoms with Gasteiger partial charge in [0, 0.05) is 23.6 Å². The maximum Gasteiger partial charge on any atom is 0.338 e. The SMILES string of the molecule is CCOC(=O)c1ccc(-n2ccc3c(cnc4nc(-c5ccc6c(c5)OCCO6)nn43)c2=O)cc1. The van der Waals surface area contributed by atoms with E-state index in [4.69, 9.17) is 14.2 Å². The fourth-order valence-corrected chi connectivity index (χ4v) is 4.00. The lowest BCUT2D eigenvalue weighted by Gasteiger charge is -2.18. The molecule has 10 heteroatoms. The molecule has 174 valence electrons. The predicted molar refractivity (Wildman–Crippen MR) is 126 cm³/mol. The highest BCUT2D eigenvalue weighted by Crippen LogP contribution is 2.33. The van der Waals surface area contributed by atoms with E-state index in [2.05, 4.69) is 15.1 Å². The number of pyridine rings is 1. The Morgan fingerprint density at radius 2 is 1.86 bits per heavy atom. The second-order valence-corrected chi connectivity index (χ2v) is 7.82. The summed E-state index contributed by atoms with van der Waals surface area (Å²) in [6.07, 6.45) is 3.16. The van der Waals surface area contributed by atoms with Gasteiger partial charge in [0.15, 0.2) is 17.3 Å². The number of fused-ring (bicyclic) bond motifs is 4. The maximum absolute atomic E-state index is 13.3. The number of esters is 1. The minimum absolute atomic E-state index is 0.267. The van der Waals surface area contributed by atoms with Crippen molar-refractivity contribution in [2.45, 2.75) is 6.92 Å². The molecule has 0 unspecified atom stereocenters. The summed E-state index contributed by atoms with van der Waals surface area (Å²) in [5.74, 6) is 1.75. The third-order valence-corrected chi connectivity index (χ3v) is 5.69. The fraction of sp³-hybridized carbons (Fsp3) is 0.160. The Labute approximate surface area is 198 Å². The molecule has 0 N–H and O–H groups in total. The predicted octanol–water partition coefficient (Wildman–Crippen LogP) is 3.04. The summed E-state index contributed by atoms with van der Waals surface area (Å²) in [5.41, 5.74) is 2.10. The molecule has 0 bridgehead atoms. The number of carbonyl (C=O) groups excluding carboxylic acids is 1. The molecule has 0 amide bonds. The Kier molecular flexibility index (Phi) is 4.91. The van der Waals surface area contributed by atoms with E-state index in [0.717, 1.165) is 5.56 Å². The maximum atomic E-state index is 13.3. The molecule has 35 heavy (non-hydrogen) atoms. The van der Waals surface area contributed by atoms with Crippen molar-refractivity contribution in [3.63, 3.8) is 0 Å². The lowest BCUT2D eigenvalue weighted by Crippen LogP contribution is -2.19. The number of hydrogen-bond acceptors (Lipinski definition) is 8. The first kappa shape index (κ1) is 20.8. The van der Waals surface area contributed by atoms with E-state index in [1.165, 1.54) is 10.8 Å². The average Bonchev–Trinajstić information content (AvgIpc) is 3.34. The first-order valence-corrected chi connectivity index (χ1v) is 11.1. The molecule has 0 saturated carbocycles. The molecule has 0 spiro atoms. The highest BCUT2D eigenvalue weighted by molar-refractivity contribution is 5.89. The Morgan fingerprint density at radius 1 is 1.06 bits per heavy atom. The van der Waals surface area contributed by atoms with Gasteiger partial charge < -0.3 is 14.2 Å². The zero-order valence-electron chi connectivity index (χ0n) is 18.7. The first-order valence-electron chi connectivity index (χ1n) is 11.1. The van der Waals surface area contributed by atoms with Crippen LogP contribution in [0.15, 0.2) is 65.7 Å². The van der Waals surface area contributed by atoms with E-state index < -0.39 is 5.97 Å². The summed E-state index contributed by atoms with van der Waals surface area (Å²) in [7, 11) is 0. The van der Waals surface area contributed by atoms with Crippen LogP contribution in [0.5, 0.6) is 11.5 Å². The summed E-state index contributed by atoms with van der Waals surface area (Å²) >= 11 is 0. The third kappa shape index (κ3) is 3.55. The molecule has 5 aromatic rings. The summed E-state index contributed by atoms with van der Waals surface area (Å²) in [6.45, 7) is 3.05.